The molecule has 1 heterocycles. The average Bonchev–Trinajstić information content (AvgIpc) is 2.22. The third kappa shape index (κ3) is 2.29. The standard InChI is InChI=1S/C11H10ClFN4/c1-5-2-6(7(12)3-8(5)13)9-4-10(14)17-11(15)16-9/h2-4H,1H3,(H4,14,15,16,17). The SMILES string of the molecule is Cc1cc(-c2cc(N)nc(N)n2)c(Cl)cc1F. The van der Waals surface area contributed by atoms with E-state index in [2.05, 4.69) is 9.97 Å². The molecule has 0 amide bonds. The number of rotatable bonds is 1. The number of hydrogen-bond acceptors (Lipinski definition) is 4. The lowest BCUT2D eigenvalue weighted by Crippen LogP contribution is -2.01. The number of benzene rings is 1. The first kappa shape index (κ1) is 11.6. The lowest BCUT2D eigenvalue weighted by atomic mass is 10.1. The first-order valence-electron chi connectivity index (χ1n) is 4.83. The fourth-order valence-corrected chi connectivity index (χ4v) is 1.72. The topological polar surface area (TPSA) is 77.8 Å². The van der Waals surface area contributed by atoms with Gasteiger partial charge in [0.25, 0.3) is 0 Å². The van der Waals surface area contributed by atoms with Gasteiger partial charge >= 0.3 is 0 Å². The zero-order valence-corrected chi connectivity index (χ0v) is 9.79. The van der Waals surface area contributed by atoms with E-state index in [-0.39, 0.29) is 22.6 Å². The minimum Gasteiger partial charge on any atom is -0.384 e. The molecule has 0 saturated heterocycles. The second-order valence-electron chi connectivity index (χ2n) is 3.62. The third-order valence-corrected chi connectivity index (χ3v) is 2.60. The van der Waals surface area contributed by atoms with Crippen LogP contribution in [0.3, 0.4) is 0 Å². The van der Waals surface area contributed by atoms with Gasteiger partial charge in [0.1, 0.15) is 11.6 Å². The van der Waals surface area contributed by atoms with Gasteiger partial charge < -0.3 is 11.5 Å². The van der Waals surface area contributed by atoms with Crippen molar-refractivity contribution in [2.75, 3.05) is 11.5 Å². The highest BCUT2D eigenvalue weighted by Gasteiger charge is 2.10. The van der Waals surface area contributed by atoms with Crippen molar-refractivity contribution < 1.29 is 4.39 Å². The van der Waals surface area contributed by atoms with Crippen LogP contribution >= 0.6 is 11.6 Å². The van der Waals surface area contributed by atoms with Crippen LogP contribution in [0, 0.1) is 12.7 Å². The number of nitrogens with zero attached hydrogens (tertiary/aromatic N) is 2. The summed E-state index contributed by atoms with van der Waals surface area (Å²) in [5.74, 6) is -0.0719. The summed E-state index contributed by atoms with van der Waals surface area (Å²) in [4.78, 5) is 7.77. The van der Waals surface area contributed by atoms with E-state index >= 15 is 0 Å². The molecule has 2 rings (SSSR count). The normalized spacial score (nSPS) is 10.5. The Bertz CT molecular complexity index is 566. The van der Waals surface area contributed by atoms with E-state index in [4.69, 9.17) is 23.1 Å². The molecule has 0 aliphatic heterocycles. The molecule has 0 bridgehead atoms. The third-order valence-electron chi connectivity index (χ3n) is 2.29. The highest BCUT2D eigenvalue weighted by atomic mass is 35.5. The maximum Gasteiger partial charge on any atom is 0.222 e. The second kappa shape index (κ2) is 4.18. The maximum atomic E-state index is 13.3. The Hall–Kier alpha value is -1.88. The molecule has 4 N–H and O–H groups in total. The summed E-state index contributed by atoms with van der Waals surface area (Å²) in [6.07, 6.45) is 0. The molecule has 0 radical (unpaired) electrons. The van der Waals surface area contributed by atoms with Gasteiger partial charge in [-0.25, -0.2) is 9.37 Å². The van der Waals surface area contributed by atoms with Crippen LogP contribution in [-0.2, 0) is 0 Å². The highest BCUT2D eigenvalue weighted by molar-refractivity contribution is 6.33. The van der Waals surface area contributed by atoms with E-state index in [0.29, 0.717) is 16.8 Å². The van der Waals surface area contributed by atoms with Crippen LogP contribution in [0.5, 0.6) is 0 Å². The Morgan fingerprint density at radius 2 is 1.88 bits per heavy atom. The minimum absolute atomic E-state index is 0.0537. The summed E-state index contributed by atoms with van der Waals surface area (Å²) >= 11 is 5.96. The van der Waals surface area contributed by atoms with Crippen LogP contribution < -0.4 is 11.5 Å². The number of halogens is 2. The second-order valence-corrected chi connectivity index (χ2v) is 4.02. The van der Waals surface area contributed by atoms with Crippen LogP contribution in [0.15, 0.2) is 18.2 Å². The molecule has 1 aromatic heterocycles. The zero-order valence-electron chi connectivity index (χ0n) is 9.04. The number of anilines is 2. The van der Waals surface area contributed by atoms with Crippen molar-refractivity contribution in [2.24, 2.45) is 0 Å². The molecular formula is C11H10ClFN4. The van der Waals surface area contributed by atoms with Gasteiger partial charge in [-0.2, -0.15) is 4.98 Å². The van der Waals surface area contributed by atoms with Gasteiger partial charge in [-0.05, 0) is 24.6 Å². The molecule has 1 aromatic carbocycles. The van der Waals surface area contributed by atoms with Crippen molar-refractivity contribution in [3.05, 3.63) is 34.6 Å². The van der Waals surface area contributed by atoms with Crippen molar-refractivity contribution >= 4 is 23.4 Å². The first-order valence-corrected chi connectivity index (χ1v) is 5.21. The summed E-state index contributed by atoms with van der Waals surface area (Å²) < 4.78 is 13.3. The van der Waals surface area contributed by atoms with Crippen LogP contribution in [-0.4, -0.2) is 9.97 Å². The highest BCUT2D eigenvalue weighted by Crippen LogP contribution is 2.29. The fraction of sp³-hybridized carbons (Fsp3) is 0.0909. The molecule has 0 aliphatic rings. The summed E-state index contributed by atoms with van der Waals surface area (Å²) in [5, 5.41) is 0.255. The Kier molecular flexibility index (Phi) is 2.85. The van der Waals surface area contributed by atoms with Crippen molar-refractivity contribution in [2.45, 2.75) is 6.92 Å². The Morgan fingerprint density at radius 3 is 2.53 bits per heavy atom. The molecular weight excluding hydrogens is 243 g/mol. The lowest BCUT2D eigenvalue weighted by molar-refractivity contribution is 0.619. The van der Waals surface area contributed by atoms with Gasteiger partial charge in [-0.3, -0.25) is 0 Å². The van der Waals surface area contributed by atoms with Gasteiger partial charge in [0.2, 0.25) is 5.95 Å². The van der Waals surface area contributed by atoms with E-state index in [0.717, 1.165) is 0 Å². The van der Waals surface area contributed by atoms with Crippen LogP contribution in [0.1, 0.15) is 5.56 Å². The van der Waals surface area contributed by atoms with Crippen molar-refractivity contribution in [1.29, 1.82) is 0 Å². The lowest BCUT2D eigenvalue weighted by Gasteiger charge is -2.07. The minimum atomic E-state index is -0.367. The predicted octanol–water partition coefficient (Wildman–Crippen LogP) is 2.41. The number of aryl methyl sites for hydroxylation is 1. The first-order chi connectivity index (χ1) is 7.97. The number of nitrogens with two attached hydrogens (primary N) is 2. The molecule has 0 spiro atoms. The molecule has 17 heavy (non-hydrogen) atoms. The van der Waals surface area contributed by atoms with E-state index in [9.17, 15) is 4.39 Å². The summed E-state index contributed by atoms with van der Waals surface area (Å²) in [7, 11) is 0. The summed E-state index contributed by atoms with van der Waals surface area (Å²) in [6.45, 7) is 1.64. The van der Waals surface area contributed by atoms with Crippen molar-refractivity contribution in [1.82, 2.24) is 9.97 Å². The number of hydrogen-bond donors (Lipinski definition) is 2. The van der Waals surface area contributed by atoms with E-state index in [1.54, 1.807) is 13.0 Å². The van der Waals surface area contributed by atoms with Crippen LogP contribution in [0.2, 0.25) is 5.02 Å². The molecule has 0 unspecified atom stereocenters. The van der Waals surface area contributed by atoms with Crippen molar-refractivity contribution in [3.63, 3.8) is 0 Å². The summed E-state index contributed by atoms with van der Waals surface area (Å²) in [5.41, 5.74) is 12.6. The van der Waals surface area contributed by atoms with Gasteiger partial charge in [0.15, 0.2) is 0 Å². The Morgan fingerprint density at radius 1 is 1.18 bits per heavy atom. The smallest absolute Gasteiger partial charge is 0.222 e. The quantitative estimate of drug-likeness (QED) is 0.817. The molecule has 88 valence electrons. The van der Waals surface area contributed by atoms with Gasteiger partial charge in [0, 0.05) is 11.6 Å². The molecule has 0 saturated carbocycles. The van der Waals surface area contributed by atoms with Crippen molar-refractivity contribution in [3.8, 4) is 11.3 Å². The van der Waals surface area contributed by atoms with Gasteiger partial charge in [0.05, 0.1) is 10.7 Å². The molecule has 4 nitrogen and oxygen atoms in total. The van der Waals surface area contributed by atoms with E-state index < -0.39 is 0 Å². The van der Waals surface area contributed by atoms with Gasteiger partial charge in [-0.1, -0.05) is 11.6 Å². The molecule has 6 heteroatoms. The molecule has 0 aliphatic carbocycles. The van der Waals surface area contributed by atoms with Crippen LogP contribution in [0.25, 0.3) is 11.3 Å². The van der Waals surface area contributed by atoms with Gasteiger partial charge in [-0.15, -0.1) is 0 Å². The molecule has 0 fully saturated rings. The Balaban J connectivity index is 2.64. The van der Waals surface area contributed by atoms with E-state index in [1.807, 2.05) is 0 Å². The predicted molar refractivity (Wildman–Crippen MR) is 66.0 cm³/mol. The maximum absolute atomic E-state index is 13.3. The Labute approximate surface area is 102 Å². The fourth-order valence-electron chi connectivity index (χ4n) is 1.48. The molecule has 2 aromatic rings. The monoisotopic (exact) mass is 252 g/mol. The number of nitrogen functional groups attached to an aromatic ring is 2. The van der Waals surface area contributed by atoms with Crippen LogP contribution in [0.4, 0.5) is 16.2 Å². The zero-order chi connectivity index (χ0) is 12.6. The largest absolute Gasteiger partial charge is 0.384 e. The molecule has 0 atom stereocenters. The average molecular weight is 253 g/mol. The van der Waals surface area contributed by atoms with E-state index in [1.165, 1.54) is 12.1 Å². The summed E-state index contributed by atoms with van der Waals surface area (Å²) in [6, 6.07) is 4.37. The number of aromatic nitrogens is 2.